The van der Waals surface area contributed by atoms with Gasteiger partial charge in [0, 0.05) is 17.3 Å². The maximum absolute atomic E-state index is 12.1. The van der Waals surface area contributed by atoms with Gasteiger partial charge in [-0.1, -0.05) is 17.7 Å². The number of furan rings is 1. The van der Waals surface area contributed by atoms with Gasteiger partial charge >= 0.3 is 5.69 Å². The molecule has 0 unspecified atom stereocenters. The zero-order chi connectivity index (χ0) is 19.2. The molecule has 0 aliphatic heterocycles. The lowest BCUT2D eigenvalue weighted by Crippen LogP contribution is -2.22. The first-order chi connectivity index (χ1) is 13.0. The van der Waals surface area contributed by atoms with Crippen LogP contribution in [0.4, 0.5) is 5.69 Å². The van der Waals surface area contributed by atoms with Crippen LogP contribution in [-0.4, -0.2) is 15.8 Å². The molecule has 138 valence electrons. The minimum atomic E-state index is -0.583. The fourth-order valence-corrected chi connectivity index (χ4v) is 2.41. The molecule has 8 nitrogen and oxygen atoms in total. The Kier molecular flexibility index (Phi) is 5.68. The van der Waals surface area contributed by atoms with Crippen molar-refractivity contribution in [3.8, 4) is 5.75 Å². The molecule has 9 heteroatoms. The first kappa shape index (κ1) is 18.4. The summed E-state index contributed by atoms with van der Waals surface area (Å²) in [7, 11) is 0. The largest absolute Gasteiger partial charge is 0.479 e. The molecule has 0 aliphatic carbocycles. The number of hydrogen-bond acceptors (Lipinski definition) is 6. The smallest absolute Gasteiger partial charge is 0.312 e. The summed E-state index contributed by atoms with van der Waals surface area (Å²) in [4.78, 5) is 26.7. The zero-order valence-electron chi connectivity index (χ0n) is 13.9. The molecule has 2 heterocycles. The summed E-state index contributed by atoms with van der Waals surface area (Å²) < 4.78 is 10.9. The maximum Gasteiger partial charge on any atom is 0.312 e. The third kappa shape index (κ3) is 4.83. The Balaban J connectivity index is 1.60. The third-order valence-corrected chi connectivity index (χ3v) is 3.76. The molecule has 0 saturated carbocycles. The van der Waals surface area contributed by atoms with Crippen LogP contribution in [0.15, 0.2) is 59.1 Å². The van der Waals surface area contributed by atoms with Gasteiger partial charge in [0.2, 0.25) is 0 Å². The highest BCUT2D eigenvalue weighted by atomic mass is 35.5. The van der Waals surface area contributed by atoms with Crippen LogP contribution in [0, 0.1) is 10.1 Å². The molecule has 0 saturated heterocycles. The number of ether oxygens (including phenoxy) is 1. The highest BCUT2D eigenvalue weighted by Crippen LogP contribution is 2.30. The Labute approximate surface area is 158 Å². The molecule has 3 aromatic rings. The normalized spacial score (nSPS) is 10.4. The average molecular weight is 388 g/mol. The van der Waals surface area contributed by atoms with Crippen LogP contribution >= 0.6 is 11.6 Å². The number of rotatable bonds is 7. The number of hydrogen-bond donors (Lipinski definition) is 1. The number of amides is 1. The molecular weight excluding hydrogens is 374 g/mol. The molecule has 0 fully saturated rings. The van der Waals surface area contributed by atoms with Crippen LogP contribution in [-0.2, 0) is 13.2 Å². The van der Waals surface area contributed by atoms with Crippen molar-refractivity contribution >= 4 is 23.2 Å². The predicted octanol–water partition coefficient (Wildman–Crippen LogP) is 3.75. The Morgan fingerprint density at radius 3 is 2.85 bits per heavy atom. The summed E-state index contributed by atoms with van der Waals surface area (Å²) in [5.74, 6) is 0.115. The van der Waals surface area contributed by atoms with Crippen molar-refractivity contribution < 1.29 is 18.9 Å². The molecule has 1 amide bonds. The first-order valence-corrected chi connectivity index (χ1v) is 8.24. The van der Waals surface area contributed by atoms with E-state index in [1.807, 2.05) is 6.07 Å². The van der Waals surface area contributed by atoms with Gasteiger partial charge in [0.05, 0.1) is 17.2 Å². The highest BCUT2D eigenvalue weighted by molar-refractivity contribution is 6.30. The van der Waals surface area contributed by atoms with E-state index in [4.69, 9.17) is 20.8 Å². The van der Waals surface area contributed by atoms with Crippen molar-refractivity contribution in [2.75, 3.05) is 0 Å². The number of benzene rings is 1. The van der Waals surface area contributed by atoms with E-state index in [2.05, 4.69) is 10.3 Å². The summed E-state index contributed by atoms with van der Waals surface area (Å²) in [6, 6.07) is 12.6. The monoisotopic (exact) mass is 387 g/mol. The van der Waals surface area contributed by atoms with E-state index in [-0.39, 0.29) is 35.4 Å². The summed E-state index contributed by atoms with van der Waals surface area (Å²) >= 11 is 5.76. The van der Waals surface area contributed by atoms with Crippen molar-refractivity contribution in [1.82, 2.24) is 10.3 Å². The number of aromatic nitrogens is 1. The number of pyridine rings is 1. The van der Waals surface area contributed by atoms with Gasteiger partial charge in [0.15, 0.2) is 11.5 Å². The molecule has 0 radical (unpaired) electrons. The molecule has 0 bridgehead atoms. The van der Waals surface area contributed by atoms with E-state index in [1.54, 1.807) is 24.4 Å². The number of carbonyl (C=O) groups excluding carboxylic acids is 1. The second kappa shape index (κ2) is 8.33. The summed E-state index contributed by atoms with van der Waals surface area (Å²) in [5, 5.41) is 14.0. The minimum absolute atomic E-state index is 0.0574. The van der Waals surface area contributed by atoms with Crippen LogP contribution in [0.2, 0.25) is 5.02 Å². The van der Waals surface area contributed by atoms with Gasteiger partial charge in [-0.2, -0.15) is 0 Å². The van der Waals surface area contributed by atoms with Crippen molar-refractivity contribution in [2.45, 2.75) is 13.2 Å². The van der Waals surface area contributed by atoms with Crippen LogP contribution in [0.1, 0.15) is 22.0 Å². The number of nitrogens with one attached hydrogen (secondary N) is 1. The lowest BCUT2D eigenvalue weighted by Gasteiger charge is -2.05. The zero-order valence-corrected chi connectivity index (χ0v) is 14.7. The standard InChI is InChI=1S/C18H14ClN3O5/c19-12-4-6-16(15(9-12)22(24)25)26-11-14-5-7-17(27-14)18(23)21-10-13-3-1-2-8-20-13/h1-9H,10-11H2,(H,21,23). The maximum atomic E-state index is 12.1. The fraction of sp³-hybridized carbons (Fsp3) is 0.111. The van der Waals surface area contributed by atoms with E-state index in [0.717, 1.165) is 5.69 Å². The van der Waals surface area contributed by atoms with E-state index in [0.29, 0.717) is 5.76 Å². The van der Waals surface area contributed by atoms with Gasteiger partial charge in [0.1, 0.15) is 12.4 Å². The Bertz CT molecular complexity index is 959. The van der Waals surface area contributed by atoms with Gasteiger partial charge < -0.3 is 14.5 Å². The Hall–Kier alpha value is -3.39. The Morgan fingerprint density at radius 1 is 1.26 bits per heavy atom. The molecule has 27 heavy (non-hydrogen) atoms. The minimum Gasteiger partial charge on any atom is -0.479 e. The van der Waals surface area contributed by atoms with Gasteiger partial charge in [-0.05, 0) is 36.4 Å². The highest BCUT2D eigenvalue weighted by Gasteiger charge is 2.17. The lowest BCUT2D eigenvalue weighted by molar-refractivity contribution is -0.385. The molecule has 0 aliphatic rings. The second-order valence-corrected chi connectivity index (χ2v) is 5.86. The SMILES string of the molecule is O=C(NCc1ccccn1)c1ccc(COc2ccc(Cl)cc2[N+](=O)[O-])o1. The average Bonchev–Trinajstić information content (AvgIpc) is 3.15. The number of halogens is 1. The number of nitrogens with zero attached hydrogens (tertiary/aromatic N) is 2. The molecule has 1 N–H and O–H groups in total. The van der Waals surface area contributed by atoms with Crippen molar-refractivity contribution in [2.24, 2.45) is 0 Å². The van der Waals surface area contributed by atoms with Crippen molar-refractivity contribution in [1.29, 1.82) is 0 Å². The van der Waals surface area contributed by atoms with E-state index in [9.17, 15) is 14.9 Å². The number of nitro benzene ring substituents is 1. The third-order valence-electron chi connectivity index (χ3n) is 3.53. The van der Waals surface area contributed by atoms with Crippen LogP contribution in [0.5, 0.6) is 5.75 Å². The summed E-state index contributed by atoms with van der Waals surface area (Å²) in [5.41, 5.74) is 0.471. The summed E-state index contributed by atoms with van der Waals surface area (Å²) in [6.07, 6.45) is 1.64. The van der Waals surface area contributed by atoms with Crippen LogP contribution < -0.4 is 10.1 Å². The van der Waals surface area contributed by atoms with Gasteiger partial charge in [-0.15, -0.1) is 0 Å². The topological polar surface area (TPSA) is 108 Å². The van der Waals surface area contributed by atoms with Gasteiger partial charge in [0.25, 0.3) is 5.91 Å². The summed E-state index contributed by atoms with van der Waals surface area (Å²) in [6.45, 7) is 0.194. The molecular formula is C18H14ClN3O5. The quantitative estimate of drug-likeness (QED) is 0.488. The molecule has 2 aromatic heterocycles. The number of carbonyl (C=O) groups is 1. The lowest BCUT2D eigenvalue weighted by atomic mass is 10.3. The molecule has 0 atom stereocenters. The second-order valence-electron chi connectivity index (χ2n) is 5.43. The predicted molar refractivity (Wildman–Crippen MR) is 96.6 cm³/mol. The molecule has 0 spiro atoms. The molecule has 1 aromatic carbocycles. The Morgan fingerprint density at radius 2 is 2.11 bits per heavy atom. The van der Waals surface area contributed by atoms with E-state index < -0.39 is 10.8 Å². The first-order valence-electron chi connectivity index (χ1n) is 7.86. The van der Waals surface area contributed by atoms with Gasteiger partial charge in [-0.3, -0.25) is 19.9 Å². The fourth-order valence-electron chi connectivity index (χ4n) is 2.24. The van der Waals surface area contributed by atoms with E-state index >= 15 is 0 Å². The van der Waals surface area contributed by atoms with Crippen LogP contribution in [0.3, 0.4) is 0 Å². The van der Waals surface area contributed by atoms with Crippen molar-refractivity contribution in [3.63, 3.8) is 0 Å². The van der Waals surface area contributed by atoms with Crippen LogP contribution in [0.25, 0.3) is 0 Å². The number of nitro groups is 1. The van der Waals surface area contributed by atoms with E-state index in [1.165, 1.54) is 24.3 Å². The van der Waals surface area contributed by atoms with Gasteiger partial charge in [-0.25, -0.2) is 0 Å². The van der Waals surface area contributed by atoms with Crippen molar-refractivity contribution in [3.05, 3.63) is 87.1 Å². The molecule has 3 rings (SSSR count).